The SMILES string of the molecule is Cc1ccc(-c2nc(N3CCN(c4ccc(C)cc4)C(C)C3)c3ccccc3n2)cc1. The fourth-order valence-corrected chi connectivity index (χ4v) is 4.40. The Balaban J connectivity index is 1.49. The molecule has 5 rings (SSSR count). The number of para-hydroxylation sites is 1. The second-order valence-corrected chi connectivity index (χ2v) is 8.58. The minimum absolute atomic E-state index is 0.396. The molecule has 0 N–H and O–H groups in total. The summed E-state index contributed by atoms with van der Waals surface area (Å²) in [6.07, 6.45) is 0. The fourth-order valence-electron chi connectivity index (χ4n) is 4.40. The maximum absolute atomic E-state index is 5.06. The van der Waals surface area contributed by atoms with E-state index in [1.54, 1.807) is 0 Å². The Morgan fingerprint density at radius 2 is 1.45 bits per heavy atom. The van der Waals surface area contributed by atoms with Gasteiger partial charge < -0.3 is 9.80 Å². The molecule has 1 atom stereocenters. The van der Waals surface area contributed by atoms with E-state index in [0.717, 1.165) is 47.7 Å². The minimum Gasteiger partial charge on any atom is -0.365 e. The summed E-state index contributed by atoms with van der Waals surface area (Å²) < 4.78 is 0. The van der Waals surface area contributed by atoms with Crippen LogP contribution in [-0.2, 0) is 0 Å². The first-order valence-electron chi connectivity index (χ1n) is 11.0. The number of benzene rings is 3. The maximum Gasteiger partial charge on any atom is 0.162 e. The zero-order chi connectivity index (χ0) is 21.4. The number of aromatic nitrogens is 2. The van der Waals surface area contributed by atoms with Gasteiger partial charge in [0.25, 0.3) is 0 Å². The molecule has 156 valence electrons. The van der Waals surface area contributed by atoms with Gasteiger partial charge in [-0.25, -0.2) is 9.97 Å². The minimum atomic E-state index is 0.396. The fraction of sp³-hybridized carbons (Fsp3) is 0.259. The number of fused-ring (bicyclic) bond motifs is 1. The molecule has 1 unspecified atom stereocenters. The predicted octanol–water partition coefficient (Wildman–Crippen LogP) is 5.63. The highest BCUT2D eigenvalue weighted by Crippen LogP contribution is 2.30. The molecule has 0 amide bonds. The first kappa shape index (κ1) is 19.6. The van der Waals surface area contributed by atoms with Crippen LogP contribution in [-0.4, -0.2) is 35.6 Å². The highest BCUT2D eigenvalue weighted by atomic mass is 15.3. The van der Waals surface area contributed by atoms with Gasteiger partial charge >= 0.3 is 0 Å². The molecule has 0 radical (unpaired) electrons. The van der Waals surface area contributed by atoms with Crippen LogP contribution in [0.4, 0.5) is 11.5 Å². The summed E-state index contributed by atoms with van der Waals surface area (Å²) in [4.78, 5) is 14.9. The average Bonchev–Trinajstić information content (AvgIpc) is 2.79. The van der Waals surface area contributed by atoms with Crippen molar-refractivity contribution in [3.8, 4) is 11.4 Å². The zero-order valence-electron chi connectivity index (χ0n) is 18.4. The molecule has 1 saturated heterocycles. The summed E-state index contributed by atoms with van der Waals surface area (Å²) >= 11 is 0. The molecule has 3 aromatic carbocycles. The Bertz CT molecular complexity index is 1200. The lowest BCUT2D eigenvalue weighted by Gasteiger charge is -2.42. The van der Waals surface area contributed by atoms with E-state index in [2.05, 4.69) is 103 Å². The molecule has 4 nitrogen and oxygen atoms in total. The standard InChI is InChI=1S/C27H28N4/c1-19-8-12-22(13-9-19)26-28-25-7-5-4-6-24(25)27(29-26)30-16-17-31(21(3)18-30)23-14-10-20(2)11-15-23/h4-15,21H,16-18H2,1-3H3. The highest BCUT2D eigenvalue weighted by molar-refractivity contribution is 5.91. The number of aryl methyl sites for hydroxylation is 2. The second-order valence-electron chi connectivity index (χ2n) is 8.58. The van der Waals surface area contributed by atoms with Crippen molar-refractivity contribution in [2.45, 2.75) is 26.8 Å². The summed E-state index contributed by atoms with van der Waals surface area (Å²) in [6, 6.07) is 26.1. The van der Waals surface area contributed by atoms with Crippen LogP contribution in [0.5, 0.6) is 0 Å². The van der Waals surface area contributed by atoms with Crippen molar-refractivity contribution in [1.29, 1.82) is 0 Å². The van der Waals surface area contributed by atoms with Gasteiger partial charge in [-0.2, -0.15) is 0 Å². The van der Waals surface area contributed by atoms with Crippen LogP contribution in [0.25, 0.3) is 22.3 Å². The number of hydrogen-bond donors (Lipinski definition) is 0. The lowest BCUT2D eigenvalue weighted by molar-refractivity contribution is 0.548. The largest absolute Gasteiger partial charge is 0.365 e. The Morgan fingerprint density at radius 3 is 2.16 bits per heavy atom. The van der Waals surface area contributed by atoms with E-state index in [1.165, 1.54) is 16.8 Å². The molecular weight excluding hydrogens is 380 g/mol. The number of piperazine rings is 1. The van der Waals surface area contributed by atoms with Gasteiger partial charge in [0.2, 0.25) is 0 Å². The molecule has 0 saturated carbocycles. The molecular formula is C27H28N4. The highest BCUT2D eigenvalue weighted by Gasteiger charge is 2.26. The van der Waals surface area contributed by atoms with Gasteiger partial charge in [0.05, 0.1) is 5.52 Å². The molecule has 2 heterocycles. The van der Waals surface area contributed by atoms with E-state index in [1.807, 2.05) is 0 Å². The zero-order valence-corrected chi connectivity index (χ0v) is 18.4. The van der Waals surface area contributed by atoms with Crippen LogP contribution in [0.3, 0.4) is 0 Å². The summed E-state index contributed by atoms with van der Waals surface area (Å²) in [7, 11) is 0. The van der Waals surface area contributed by atoms with Crippen LogP contribution in [0, 0.1) is 13.8 Å². The quantitative estimate of drug-likeness (QED) is 0.440. The number of rotatable bonds is 3. The molecule has 0 bridgehead atoms. The van der Waals surface area contributed by atoms with Gasteiger partial charge in [0.15, 0.2) is 5.82 Å². The van der Waals surface area contributed by atoms with Crippen molar-refractivity contribution in [1.82, 2.24) is 9.97 Å². The second kappa shape index (κ2) is 8.03. The van der Waals surface area contributed by atoms with E-state index in [0.29, 0.717) is 6.04 Å². The first-order chi connectivity index (χ1) is 15.1. The maximum atomic E-state index is 5.06. The number of anilines is 2. The van der Waals surface area contributed by atoms with Crippen LogP contribution in [0.2, 0.25) is 0 Å². The van der Waals surface area contributed by atoms with Gasteiger partial charge in [-0.1, -0.05) is 59.7 Å². The molecule has 1 aliphatic heterocycles. The Labute approximate surface area is 184 Å². The molecule has 31 heavy (non-hydrogen) atoms. The van der Waals surface area contributed by atoms with E-state index in [-0.39, 0.29) is 0 Å². The van der Waals surface area contributed by atoms with Gasteiger partial charge in [-0.3, -0.25) is 0 Å². The summed E-state index contributed by atoms with van der Waals surface area (Å²) in [6.45, 7) is 9.38. The van der Waals surface area contributed by atoms with E-state index in [4.69, 9.17) is 9.97 Å². The van der Waals surface area contributed by atoms with Gasteiger partial charge in [0, 0.05) is 42.3 Å². The third-order valence-electron chi connectivity index (χ3n) is 6.19. The van der Waals surface area contributed by atoms with E-state index >= 15 is 0 Å². The van der Waals surface area contributed by atoms with Crippen LogP contribution in [0.1, 0.15) is 18.1 Å². The Morgan fingerprint density at radius 1 is 0.774 bits per heavy atom. The van der Waals surface area contributed by atoms with Crippen LogP contribution < -0.4 is 9.80 Å². The van der Waals surface area contributed by atoms with Crippen LogP contribution >= 0.6 is 0 Å². The molecule has 1 aromatic heterocycles. The van der Waals surface area contributed by atoms with E-state index in [9.17, 15) is 0 Å². The molecule has 4 heteroatoms. The van der Waals surface area contributed by atoms with Crippen molar-refractivity contribution in [3.05, 3.63) is 83.9 Å². The van der Waals surface area contributed by atoms with Crippen molar-refractivity contribution in [3.63, 3.8) is 0 Å². The molecule has 0 aliphatic carbocycles. The smallest absolute Gasteiger partial charge is 0.162 e. The van der Waals surface area contributed by atoms with Crippen molar-refractivity contribution in [2.24, 2.45) is 0 Å². The van der Waals surface area contributed by atoms with Gasteiger partial charge in [0.1, 0.15) is 5.82 Å². The lowest BCUT2D eigenvalue weighted by Crippen LogP contribution is -2.52. The normalized spacial score (nSPS) is 16.7. The predicted molar refractivity (Wildman–Crippen MR) is 130 cm³/mol. The first-order valence-corrected chi connectivity index (χ1v) is 11.0. The average molecular weight is 409 g/mol. The van der Waals surface area contributed by atoms with Crippen molar-refractivity contribution >= 4 is 22.4 Å². The molecule has 1 fully saturated rings. The Kier molecular flexibility index (Phi) is 5.06. The van der Waals surface area contributed by atoms with Crippen molar-refractivity contribution < 1.29 is 0 Å². The number of nitrogens with zero attached hydrogens (tertiary/aromatic N) is 4. The van der Waals surface area contributed by atoms with Crippen LogP contribution in [0.15, 0.2) is 72.8 Å². The monoisotopic (exact) mass is 408 g/mol. The molecule has 0 spiro atoms. The summed E-state index contributed by atoms with van der Waals surface area (Å²) in [5.74, 6) is 1.83. The third kappa shape index (κ3) is 3.86. The summed E-state index contributed by atoms with van der Waals surface area (Å²) in [5.41, 5.74) is 5.89. The number of hydrogen-bond acceptors (Lipinski definition) is 4. The van der Waals surface area contributed by atoms with E-state index < -0.39 is 0 Å². The van der Waals surface area contributed by atoms with Gasteiger partial charge in [-0.05, 0) is 45.0 Å². The summed E-state index contributed by atoms with van der Waals surface area (Å²) in [5, 5.41) is 1.12. The Hall–Kier alpha value is -3.40. The topological polar surface area (TPSA) is 32.3 Å². The van der Waals surface area contributed by atoms with Crippen molar-refractivity contribution in [2.75, 3.05) is 29.4 Å². The third-order valence-corrected chi connectivity index (χ3v) is 6.19. The van der Waals surface area contributed by atoms with Gasteiger partial charge in [-0.15, -0.1) is 0 Å². The molecule has 4 aromatic rings. The molecule has 1 aliphatic rings. The lowest BCUT2D eigenvalue weighted by atomic mass is 10.1.